The Kier molecular flexibility index (Phi) is 4.37. The van der Waals surface area contributed by atoms with E-state index in [0.29, 0.717) is 5.75 Å². The van der Waals surface area contributed by atoms with Crippen molar-refractivity contribution in [1.82, 2.24) is 0 Å². The van der Waals surface area contributed by atoms with Gasteiger partial charge >= 0.3 is 0 Å². The summed E-state index contributed by atoms with van der Waals surface area (Å²) >= 11 is 0. The van der Waals surface area contributed by atoms with Crippen LogP contribution in [-0.2, 0) is 9.05 Å². The van der Waals surface area contributed by atoms with Crippen molar-refractivity contribution >= 4 is 19.7 Å². The van der Waals surface area contributed by atoms with Gasteiger partial charge in [-0.3, -0.25) is 0 Å². The normalized spacial score (nSPS) is 11.2. The number of halogens is 1. The Hall–Kier alpha value is -2.30. The van der Waals surface area contributed by atoms with Crippen LogP contribution < -0.4 is 4.74 Å². The predicted octanol–water partition coefficient (Wildman–Crippen LogP) is 5.07. The van der Waals surface area contributed by atoms with Crippen molar-refractivity contribution in [3.8, 4) is 22.6 Å². The SMILES string of the molecule is O=S(=O)(Cl)c1ccccc1Oc1ccc(-c2ccccc2)cc1. The van der Waals surface area contributed by atoms with E-state index in [9.17, 15) is 8.42 Å². The van der Waals surface area contributed by atoms with E-state index in [4.69, 9.17) is 15.4 Å². The molecule has 0 fully saturated rings. The molecule has 0 aliphatic rings. The van der Waals surface area contributed by atoms with Crippen molar-refractivity contribution < 1.29 is 13.2 Å². The van der Waals surface area contributed by atoms with Crippen molar-refractivity contribution in [2.24, 2.45) is 0 Å². The zero-order chi connectivity index (χ0) is 16.3. The molecule has 0 bridgehead atoms. The summed E-state index contributed by atoms with van der Waals surface area (Å²) in [4.78, 5) is -0.0474. The van der Waals surface area contributed by atoms with Crippen molar-refractivity contribution in [2.75, 3.05) is 0 Å². The Balaban J connectivity index is 1.88. The average molecular weight is 345 g/mol. The lowest BCUT2D eigenvalue weighted by Crippen LogP contribution is -1.95. The minimum Gasteiger partial charge on any atom is -0.456 e. The van der Waals surface area contributed by atoms with Crippen LogP contribution in [0, 0.1) is 0 Å². The summed E-state index contributed by atoms with van der Waals surface area (Å²) in [5.74, 6) is 0.743. The molecule has 0 amide bonds. The fourth-order valence-electron chi connectivity index (χ4n) is 2.21. The molecule has 0 spiro atoms. The van der Waals surface area contributed by atoms with Gasteiger partial charge in [0, 0.05) is 10.7 Å². The average Bonchev–Trinajstić information content (AvgIpc) is 2.56. The summed E-state index contributed by atoms with van der Waals surface area (Å²) in [5, 5.41) is 0. The van der Waals surface area contributed by atoms with E-state index in [0.717, 1.165) is 11.1 Å². The number of hydrogen-bond donors (Lipinski definition) is 0. The molecule has 5 heteroatoms. The first kappa shape index (κ1) is 15.6. The summed E-state index contributed by atoms with van der Waals surface area (Å²) in [7, 11) is 1.57. The lowest BCUT2D eigenvalue weighted by atomic mass is 10.1. The van der Waals surface area contributed by atoms with Gasteiger partial charge in [0.2, 0.25) is 0 Å². The monoisotopic (exact) mass is 344 g/mol. The van der Waals surface area contributed by atoms with Gasteiger partial charge in [-0.25, -0.2) is 8.42 Å². The maximum absolute atomic E-state index is 11.6. The number of benzene rings is 3. The zero-order valence-corrected chi connectivity index (χ0v) is 13.6. The number of hydrogen-bond acceptors (Lipinski definition) is 3. The van der Waals surface area contributed by atoms with Crippen molar-refractivity contribution in [3.05, 3.63) is 78.9 Å². The standard InChI is InChI=1S/C18H13ClO3S/c19-23(20,21)18-9-5-4-8-17(18)22-16-12-10-15(11-13-16)14-6-2-1-3-7-14/h1-13H. The molecule has 0 aliphatic heterocycles. The second-order valence-electron chi connectivity index (χ2n) is 4.88. The molecule has 0 saturated heterocycles. The van der Waals surface area contributed by atoms with Crippen LogP contribution in [0.15, 0.2) is 83.8 Å². The maximum atomic E-state index is 11.6. The third kappa shape index (κ3) is 3.73. The van der Waals surface area contributed by atoms with Crippen LogP contribution in [0.25, 0.3) is 11.1 Å². The molecule has 0 aliphatic carbocycles. The highest BCUT2D eigenvalue weighted by atomic mass is 35.7. The van der Waals surface area contributed by atoms with Gasteiger partial charge in [-0.05, 0) is 35.4 Å². The minimum atomic E-state index is -3.86. The lowest BCUT2D eigenvalue weighted by molar-refractivity contribution is 0.468. The predicted molar refractivity (Wildman–Crippen MR) is 91.4 cm³/mol. The van der Waals surface area contributed by atoms with Crippen LogP contribution in [0.5, 0.6) is 11.5 Å². The van der Waals surface area contributed by atoms with Crippen molar-refractivity contribution in [2.45, 2.75) is 4.90 Å². The van der Waals surface area contributed by atoms with Gasteiger partial charge in [0.05, 0.1) is 0 Å². The Morgan fingerprint density at radius 1 is 0.696 bits per heavy atom. The van der Waals surface area contributed by atoms with Gasteiger partial charge in [0.15, 0.2) is 0 Å². The molecule has 0 unspecified atom stereocenters. The van der Waals surface area contributed by atoms with Gasteiger partial charge in [-0.2, -0.15) is 0 Å². The van der Waals surface area contributed by atoms with Gasteiger partial charge in [0.1, 0.15) is 16.4 Å². The molecular weight excluding hydrogens is 332 g/mol. The first-order valence-electron chi connectivity index (χ1n) is 6.91. The lowest BCUT2D eigenvalue weighted by Gasteiger charge is -2.09. The van der Waals surface area contributed by atoms with Crippen molar-refractivity contribution in [1.29, 1.82) is 0 Å². The number of para-hydroxylation sites is 1. The molecule has 0 aromatic heterocycles. The second-order valence-corrected chi connectivity index (χ2v) is 7.41. The highest BCUT2D eigenvalue weighted by Crippen LogP contribution is 2.31. The number of ether oxygens (including phenoxy) is 1. The van der Waals surface area contributed by atoms with Crippen LogP contribution in [0.2, 0.25) is 0 Å². The van der Waals surface area contributed by atoms with Gasteiger partial charge in [-0.15, -0.1) is 0 Å². The Morgan fingerprint density at radius 2 is 1.26 bits per heavy atom. The summed E-state index contributed by atoms with van der Waals surface area (Å²) in [6.07, 6.45) is 0. The molecule has 3 rings (SSSR count). The van der Waals surface area contributed by atoms with E-state index in [1.165, 1.54) is 6.07 Å². The van der Waals surface area contributed by atoms with Crippen LogP contribution >= 0.6 is 10.7 Å². The highest BCUT2D eigenvalue weighted by Gasteiger charge is 2.16. The highest BCUT2D eigenvalue weighted by molar-refractivity contribution is 8.13. The Morgan fingerprint density at radius 3 is 1.91 bits per heavy atom. The van der Waals surface area contributed by atoms with Crippen LogP contribution in [-0.4, -0.2) is 8.42 Å². The molecular formula is C18H13ClO3S. The first-order chi connectivity index (χ1) is 11.0. The summed E-state index contributed by atoms with van der Waals surface area (Å²) in [6, 6.07) is 23.6. The molecule has 0 heterocycles. The molecule has 0 N–H and O–H groups in total. The second kappa shape index (κ2) is 6.44. The molecule has 0 atom stereocenters. The molecule has 0 radical (unpaired) electrons. The van der Waals surface area contributed by atoms with E-state index in [-0.39, 0.29) is 10.6 Å². The van der Waals surface area contributed by atoms with E-state index < -0.39 is 9.05 Å². The molecule has 3 aromatic carbocycles. The third-order valence-corrected chi connectivity index (χ3v) is 4.66. The van der Waals surface area contributed by atoms with Gasteiger partial charge in [-0.1, -0.05) is 54.6 Å². The molecule has 0 saturated carbocycles. The largest absolute Gasteiger partial charge is 0.456 e. The minimum absolute atomic E-state index is 0.0474. The van der Waals surface area contributed by atoms with Crippen LogP contribution in [0.3, 0.4) is 0 Å². The quantitative estimate of drug-likeness (QED) is 0.620. The van der Waals surface area contributed by atoms with E-state index in [2.05, 4.69) is 0 Å². The van der Waals surface area contributed by atoms with Crippen LogP contribution in [0.1, 0.15) is 0 Å². The summed E-state index contributed by atoms with van der Waals surface area (Å²) < 4.78 is 28.8. The van der Waals surface area contributed by atoms with Crippen molar-refractivity contribution in [3.63, 3.8) is 0 Å². The van der Waals surface area contributed by atoms with Gasteiger partial charge < -0.3 is 4.74 Å². The fourth-order valence-corrected chi connectivity index (χ4v) is 3.18. The summed E-state index contributed by atoms with van der Waals surface area (Å²) in [6.45, 7) is 0. The third-order valence-electron chi connectivity index (χ3n) is 3.30. The zero-order valence-electron chi connectivity index (χ0n) is 12.0. The number of rotatable bonds is 4. The molecule has 3 aromatic rings. The Bertz CT molecular complexity index is 905. The molecule has 3 nitrogen and oxygen atoms in total. The Labute approximate surface area is 139 Å². The summed E-state index contributed by atoms with van der Waals surface area (Å²) in [5.41, 5.74) is 2.15. The smallest absolute Gasteiger partial charge is 0.265 e. The van der Waals surface area contributed by atoms with E-state index in [1.54, 1.807) is 30.3 Å². The topological polar surface area (TPSA) is 43.4 Å². The van der Waals surface area contributed by atoms with Crippen LogP contribution in [0.4, 0.5) is 0 Å². The fraction of sp³-hybridized carbons (Fsp3) is 0. The van der Waals surface area contributed by atoms with Gasteiger partial charge in [0.25, 0.3) is 9.05 Å². The molecule has 116 valence electrons. The first-order valence-corrected chi connectivity index (χ1v) is 9.22. The van der Waals surface area contributed by atoms with E-state index >= 15 is 0 Å². The molecule has 23 heavy (non-hydrogen) atoms. The van der Waals surface area contributed by atoms with E-state index in [1.807, 2.05) is 42.5 Å². The maximum Gasteiger partial charge on any atom is 0.265 e.